The van der Waals surface area contributed by atoms with E-state index >= 15 is 0 Å². The molecule has 2 fully saturated rings. The van der Waals surface area contributed by atoms with Gasteiger partial charge < -0.3 is 34.1 Å². The van der Waals surface area contributed by atoms with E-state index in [4.69, 9.17) is 18.9 Å². The number of unbranched alkanes of at least 4 members (excludes halogenated alkanes) is 3. The maximum Gasteiger partial charge on any atom is 0.415 e. The van der Waals surface area contributed by atoms with Gasteiger partial charge in [0.2, 0.25) is 0 Å². The molecule has 2 heterocycles. The molecule has 2 aromatic rings. The number of nitrogens with zero attached hydrogens (tertiary/aromatic N) is 2. The Labute approximate surface area is 241 Å². The molecular weight excluding hydrogens is 526 g/mol. The summed E-state index contributed by atoms with van der Waals surface area (Å²) in [5, 5.41) is 2.80. The summed E-state index contributed by atoms with van der Waals surface area (Å²) in [6.07, 6.45) is 6.65. The van der Waals surface area contributed by atoms with Gasteiger partial charge in [-0.25, -0.2) is 14.4 Å². The molecule has 222 valence electrons. The van der Waals surface area contributed by atoms with E-state index in [9.17, 15) is 14.4 Å². The van der Waals surface area contributed by atoms with Crippen LogP contribution in [-0.4, -0.2) is 73.5 Å². The van der Waals surface area contributed by atoms with Crippen molar-refractivity contribution in [3.05, 3.63) is 54.6 Å². The molecule has 2 aromatic carbocycles. The summed E-state index contributed by atoms with van der Waals surface area (Å²) in [5.74, 6) is 1.82. The maximum absolute atomic E-state index is 12.6. The van der Waals surface area contributed by atoms with Crippen molar-refractivity contribution in [2.24, 2.45) is 0 Å². The summed E-state index contributed by atoms with van der Waals surface area (Å²) in [5.41, 5.74) is 0. The van der Waals surface area contributed by atoms with Gasteiger partial charge in [-0.15, -0.1) is 0 Å². The number of alkyl carbamates (subject to hydrolysis) is 1. The number of rotatable bonds is 11. The summed E-state index contributed by atoms with van der Waals surface area (Å²) in [4.78, 5) is 40.1. The molecule has 0 aliphatic carbocycles. The predicted molar refractivity (Wildman–Crippen MR) is 153 cm³/mol. The number of benzene rings is 2. The van der Waals surface area contributed by atoms with Crippen LogP contribution in [0.4, 0.5) is 14.4 Å². The molecule has 2 aliphatic heterocycles. The Balaban J connectivity index is 1.01. The number of amides is 3. The lowest BCUT2D eigenvalue weighted by Crippen LogP contribution is -2.43. The van der Waals surface area contributed by atoms with Crippen LogP contribution >= 0.6 is 0 Å². The topological polar surface area (TPSA) is 107 Å². The average Bonchev–Trinajstić information content (AvgIpc) is 3.00. The van der Waals surface area contributed by atoms with Gasteiger partial charge in [0.1, 0.15) is 23.4 Å². The number of hydrogen-bond acceptors (Lipinski definition) is 7. The minimum Gasteiger partial charge on any atom is -0.457 e. The van der Waals surface area contributed by atoms with Crippen LogP contribution in [0, 0.1) is 0 Å². The normalized spacial score (nSPS) is 15.6. The summed E-state index contributed by atoms with van der Waals surface area (Å²) in [6.45, 7) is 3.48. The summed E-state index contributed by atoms with van der Waals surface area (Å²) in [7, 11) is 0. The van der Waals surface area contributed by atoms with Crippen molar-refractivity contribution in [2.75, 3.05) is 39.3 Å². The standard InChI is InChI=1S/C31H41N3O7/c35-29(32-19-7-1-2-10-24-38-30(36)33-20-8-4-9-21-33)40-28-17-22-34(23-18-28)31(37)41-27-15-13-26(14-16-27)39-25-11-5-3-6-12-25/h3,5-6,11-16,28H,1-2,4,7-10,17-24H2,(H,32,35). The number of nitrogens with one attached hydrogen (secondary N) is 1. The van der Waals surface area contributed by atoms with E-state index in [-0.39, 0.29) is 12.2 Å². The van der Waals surface area contributed by atoms with Gasteiger partial charge in [0.15, 0.2) is 0 Å². The number of carbonyl (C=O) groups excluding carboxylic acids is 3. The minimum absolute atomic E-state index is 0.197. The third kappa shape index (κ3) is 10.5. The number of ether oxygens (including phenoxy) is 4. The Hall–Kier alpha value is -3.95. The van der Waals surface area contributed by atoms with Crippen LogP contribution in [0.5, 0.6) is 17.2 Å². The molecule has 10 nitrogen and oxygen atoms in total. The Morgan fingerprint density at radius 2 is 1.34 bits per heavy atom. The van der Waals surface area contributed by atoms with Crippen molar-refractivity contribution in [3.8, 4) is 17.2 Å². The van der Waals surface area contributed by atoms with Crippen LogP contribution in [0.15, 0.2) is 54.6 Å². The van der Waals surface area contributed by atoms with Gasteiger partial charge in [0, 0.05) is 45.6 Å². The molecule has 1 N–H and O–H groups in total. The van der Waals surface area contributed by atoms with Gasteiger partial charge in [-0.05, 0) is 74.9 Å². The zero-order chi connectivity index (χ0) is 28.7. The van der Waals surface area contributed by atoms with E-state index in [1.807, 2.05) is 30.3 Å². The Bertz CT molecular complexity index is 1080. The summed E-state index contributed by atoms with van der Waals surface area (Å²) < 4.78 is 22.1. The van der Waals surface area contributed by atoms with E-state index in [2.05, 4.69) is 5.32 Å². The SMILES string of the molecule is O=C(NCCCCCCOC(=O)N1CCCCC1)OC1CCN(C(=O)Oc2ccc(Oc3ccccc3)cc2)CC1. The van der Waals surface area contributed by atoms with Crippen LogP contribution in [0.1, 0.15) is 57.8 Å². The van der Waals surface area contributed by atoms with Crippen molar-refractivity contribution in [1.29, 1.82) is 0 Å². The molecule has 0 radical (unpaired) electrons. The van der Waals surface area contributed by atoms with Gasteiger partial charge in [-0.2, -0.15) is 0 Å². The molecule has 3 amide bonds. The fraction of sp³-hybridized carbons (Fsp3) is 0.516. The van der Waals surface area contributed by atoms with Gasteiger partial charge >= 0.3 is 18.3 Å². The third-order valence-corrected chi connectivity index (χ3v) is 7.16. The largest absolute Gasteiger partial charge is 0.457 e. The van der Waals surface area contributed by atoms with Crippen LogP contribution in [0.3, 0.4) is 0 Å². The van der Waals surface area contributed by atoms with Crippen molar-refractivity contribution in [2.45, 2.75) is 63.9 Å². The number of hydrogen-bond donors (Lipinski definition) is 1. The van der Waals surface area contributed by atoms with Crippen LogP contribution in [-0.2, 0) is 9.47 Å². The molecule has 0 saturated carbocycles. The van der Waals surface area contributed by atoms with Crippen molar-refractivity contribution >= 4 is 18.3 Å². The first kappa shape index (κ1) is 30.0. The molecule has 0 bridgehead atoms. The first-order chi connectivity index (χ1) is 20.1. The van der Waals surface area contributed by atoms with E-state index in [0.717, 1.165) is 57.4 Å². The fourth-order valence-corrected chi connectivity index (χ4v) is 4.81. The Morgan fingerprint density at radius 1 is 0.707 bits per heavy atom. The maximum atomic E-state index is 12.6. The second-order valence-electron chi connectivity index (χ2n) is 10.3. The molecule has 2 saturated heterocycles. The lowest BCUT2D eigenvalue weighted by Gasteiger charge is -2.30. The average molecular weight is 568 g/mol. The quantitative estimate of drug-likeness (QED) is 0.315. The van der Waals surface area contributed by atoms with E-state index in [0.29, 0.717) is 50.6 Å². The Morgan fingerprint density at radius 3 is 2.07 bits per heavy atom. The zero-order valence-electron chi connectivity index (χ0n) is 23.6. The highest BCUT2D eigenvalue weighted by atomic mass is 16.6. The molecular formula is C31H41N3O7. The second kappa shape index (κ2) is 16.3. The second-order valence-corrected chi connectivity index (χ2v) is 10.3. The lowest BCUT2D eigenvalue weighted by atomic mass is 10.1. The molecule has 41 heavy (non-hydrogen) atoms. The smallest absolute Gasteiger partial charge is 0.415 e. The van der Waals surface area contributed by atoms with Crippen LogP contribution in [0.2, 0.25) is 0 Å². The predicted octanol–water partition coefficient (Wildman–Crippen LogP) is 6.35. The summed E-state index contributed by atoms with van der Waals surface area (Å²) >= 11 is 0. The zero-order valence-corrected chi connectivity index (χ0v) is 23.6. The van der Waals surface area contributed by atoms with Crippen LogP contribution in [0.25, 0.3) is 0 Å². The molecule has 0 spiro atoms. The first-order valence-electron chi connectivity index (χ1n) is 14.7. The van der Waals surface area contributed by atoms with Crippen molar-refractivity contribution in [1.82, 2.24) is 15.1 Å². The molecule has 0 unspecified atom stereocenters. The minimum atomic E-state index is -0.431. The number of para-hydroxylation sites is 1. The highest BCUT2D eigenvalue weighted by Crippen LogP contribution is 2.24. The van der Waals surface area contributed by atoms with Gasteiger partial charge in [-0.3, -0.25) is 0 Å². The molecule has 0 atom stereocenters. The summed E-state index contributed by atoms with van der Waals surface area (Å²) in [6, 6.07) is 16.3. The monoisotopic (exact) mass is 567 g/mol. The highest BCUT2D eigenvalue weighted by Gasteiger charge is 2.26. The lowest BCUT2D eigenvalue weighted by molar-refractivity contribution is 0.0524. The van der Waals surface area contributed by atoms with Gasteiger partial charge in [0.25, 0.3) is 0 Å². The molecule has 2 aliphatic rings. The van der Waals surface area contributed by atoms with Crippen LogP contribution < -0.4 is 14.8 Å². The van der Waals surface area contributed by atoms with Crippen molar-refractivity contribution < 1.29 is 33.3 Å². The van der Waals surface area contributed by atoms with Crippen molar-refractivity contribution in [3.63, 3.8) is 0 Å². The van der Waals surface area contributed by atoms with Gasteiger partial charge in [-0.1, -0.05) is 24.6 Å². The molecule has 4 rings (SSSR count). The highest BCUT2D eigenvalue weighted by molar-refractivity contribution is 5.71. The Kier molecular flexibility index (Phi) is 12.0. The van der Waals surface area contributed by atoms with E-state index in [1.165, 1.54) is 6.42 Å². The molecule has 10 heteroatoms. The van der Waals surface area contributed by atoms with Gasteiger partial charge in [0.05, 0.1) is 6.61 Å². The van der Waals surface area contributed by atoms with E-state index < -0.39 is 12.2 Å². The number of piperidine rings is 2. The first-order valence-corrected chi connectivity index (χ1v) is 14.7. The molecule has 0 aromatic heterocycles. The number of carbonyl (C=O) groups is 3. The number of likely N-dealkylation sites (tertiary alicyclic amines) is 2. The third-order valence-electron chi connectivity index (χ3n) is 7.16. The van der Waals surface area contributed by atoms with E-state index in [1.54, 1.807) is 34.1 Å². The fourth-order valence-electron chi connectivity index (χ4n) is 4.81.